The first-order valence-corrected chi connectivity index (χ1v) is 22.6. The fourth-order valence-corrected chi connectivity index (χ4v) is 12.8. The number of benzene rings is 6. The summed E-state index contributed by atoms with van der Waals surface area (Å²) >= 11 is 0. The summed E-state index contributed by atoms with van der Waals surface area (Å²) in [6.07, 6.45) is 4.89. The summed E-state index contributed by atoms with van der Waals surface area (Å²) in [6, 6.07) is 38.0. The number of furan rings is 1. The van der Waals surface area contributed by atoms with Crippen molar-refractivity contribution in [2.45, 2.75) is 129 Å². The second-order valence-electron chi connectivity index (χ2n) is 22.1. The van der Waals surface area contributed by atoms with E-state index in [1.807, 2.05) is 0 Å². The number of hydrogen-bond donors (Lipinski definition) is 0. The van der Waals surface area contributed by atoms with Crippen molar-refractivity contribution in [3.05, 3.63) is 130 Å². The molecule has 6 aromatic carbocycles. The van der Waals surface area contributed by atoms with Gasteiger partial charge in [0, 0.05) is 61.5 Å². The molecule has 0 saturated heterocycles. The predicted molar refractivity (Wildman–Crippen MR) is 255 cm³/mol. The Morgan fingerprint density at radius 2 is 1.33 bits per heavy atom. The lowest BCUT2D eigenvalue weighted by Gasteiger charge is -2.53. The highest BCUT2D eigenvalue weighted by atomic mass is 16.3. The fraction of sp³-hybridized carbons (Fsp3) is 0.357. The zero-order valence-electron chi connectivity index (χ0n) is 37.4. The smallest absolute Gasteiger partial charge is 0.333 e. The molecule has 300 valence electrons. The van der Waals surface area contributed by atoms with Crippen LogP contribution in [-0.2, 0) is 21.7 Å². The van der Waals surface area contributed by atoms with Gasteiger partial charge in [-0.2, -0.15) is 0 Å². The van der Waals surface area contributed by atoms with E-state index < -0.39 is 0 Å². The molecule has 60 heavy (non-hydrogen) atoms. The number of rotatable bonds is 1. The standard InChI is InChI=1S/C56H57BN2O/c1-32-26-33(52(2,3)4)22-23-44(32)59-45-31-47-38(35-18-13-15-21-46(35)60-47)29-37(45)39-30-41-48(36-19-12-14-20-40(36)54(41,8)9)51-49(39)57(59)43-28-34(53(5,6)7)27-42-50(43)58(51)56(11)25-17-16-24-55(42,56)10/h12-15,18-23,26-31H,16-17,24-25H2,1-11H3. The number of para-hydroxylation sites is 1. The van der Waals surface area contributed by atoms with E-state index in [9.17, 15) is 0 Å². The molecule has 4 heterocycles. The van der Waals surface area contributed by atoms with Crippen LogP contribution in [0.15, 0.2) is 101 Å². The third kappa shape index (κ3) is 4.38. The number of anilines is 4. The predicted octanol–water partition coefficient (Wildman–Crippen LogP) is 13.8. The Bertz CT molecular complexity index is 3060. The molecule has 0 radical (unpaired) electrons. The maximum Gasteiger partial charge on any atom is 0.333 e. The van der Waals surface area contributed by atoms with Gasteiger partial charge in [0.15, 0.2) is 0 Å². The number of nitrogens with zero attached hydrogens (tertiary/aromatic N) is 2. The summed E-state index contributed by atoms with van der Waals surface area (Å²) in [6.45, 7) is 26.7. The van der Waals surface area contributed by atoms with Gasteiger partial charge in [-0.3, -0.25) is 0 Å². The van der Waals surface area contributed by atoms with Crippen LogP contribution in [0.25, 0.3) is 44.2 Å². The fourth-order valence-electron chi connectivity index (χ4n) is 12.8. The molecule has 1 aromatic heterocycles. The van der Waals surface area contributed by atoms with Gasteiger partial charge >= 0.3 is 6.85 Å². The Morgan fingerprint density at radius 3 is 2.10 bits per heavy atom. The number of hydrogen-bond acceptors (Lipinski definition) is 3. The van der Waals surface area contributed by atoms with Crippen LogP contribution in [0.5, 0.6) is 0 Å². The summed E-state index contributed by atoms with van der Waals surface area (Å²) in [5.74, 6) is 0. The molecule has 0 spiro atoms. The topological polar surface area (TPSA) is 19.6 Å². The summed E-state index contributed by atoms with van der Waals surface area (Å²) < 4.78 is 6.78. The van der Waals surface area contributed by atoms with Gasteiger partial charge in [-0.25, -0.2) is 0 Å². The van der Waals surface area contributed by atoms with Crippen LogP contribution in [0.4, 0.5) is 22.7 Å². The highest BCUT2D eigenvalue weighted by molar-refractivity contribution is 6.94. The lowest BCUT2D eigenvalue weighted by atomic mass is 9.42. The maximum atomic E-state index is 6.78. The molecular weight excluding hydrogens is 727 g/mol. The lowest BCUT2D eigenvalue weighted by Crippen LogP contribution is -2.65. The molecule has 0 bridgehead atoms. The SMILES string of the molecule is Cc1cc(C(C)(C)C)ccc1N1B2c3cc(C(C)(C)C)cc4c3N(c3c2c(cc2c3-c3ccccc3C2(C)C)-c2cc3c(cc21)oc1ccccc13)C1(C)CCCCC41C. The van der Waals surface area contributed by atoms with Crippen molar-refractivity contribution in [3.8, 4) is 22.3 Å². The molecule has 5 aliphatic rings. The van der Waals surface area contributed by atoms with Gasteiger partial charge < -0.3 is 14.1 Å². The van der Waals surface area contributed by atoms with Gasteiger partial charge in [0.1, 0.15) is 11.2 Å². The van der Waals surface area contributed by atoms with E-state index in [0.717, 1.165) is 11.2 Å². The molecule has 2 unspecified atom stereocenters. The minimum atomic E-state index is -0.161. The number of aryl methyl sites for hydroxylation is 1. The second-order valence-corrected chi connectivity index (χ2v) is 22.1. The molecule has 2 aliphatic carbocycles. The van der Waals surface area contributed by atoms with Crippen LogP contribution in [0, 0.1) is 6.92 Å². The Morgan fingerprint density at radius 1 is 0.600 bits per heavy atom. The summed E-state index contributed by atoms with van der Waals surface area (Å²) in [5, 5.41) is 2.35. The monoisotopic (exact) mass is 784 g/mol. The van der Waals surface area contributed by atoms with E-state index in [0.29, 0.717) is 0 Å². The van der Waals surface area contributed by atoms with Gasteiger partial charge in [-0.1, -0.05) is 142 Å². The molecule has 7 aromatic rings. The minimum Gasteiger partial charge on any atom is -0.456 e. The maximum absolute atomic E-state index is 6.78. The van der Waals surface area contributed by atoms with Crippen LogP contribution in [0.2, 0.25) is 0 Å². The van der Waals surface area contributed by atoms with Crippen molar-refractivity contribution in [1.29, 1.82) is 0 Å². The Hall–Kier alpha value is -5.22. The van der Waals surface area contributed by atoms with E-state index in [1.165, 1.54) is 120 Å². The van der Waals surface area contributed by atoms with E-state index in [2.05, 4.69) is 183 Å². The minimum absolute atomic E-state index is 0.00594. The molecule has 12 rings (SSSR count). The van der Waals surface area contributed by atoms with E-state index in [-0.39, 0.29) is 34.0 Å². The normalized spacial score (nSPS) is 21.8. The van der Waals surface area contributed by atoms with Crippen LogP contribution >= 0.6 is 0 Å². The van der Waals surface area contributed by atoms with Crippen molar-refractivity contribution in [2.24, 2.45) is 0 Å². The van der Waals surface area contributed by atoms with E-state index in [4.69, 9.17) is 4.42 Å². The Balaban J connectivity index is 1.30. The molecule has 3 aliphatic heterocycles. The quantitative estimate of drug-likeness (QED) is 0.155. The van der Waals surface area contributed by atoms with Gasteiger partial charge in [0.05, 0.1) is 5.54 Å². The second kappa shape index (κ2) is 11.4. The van der Waals surface area contributed by atoms with Crippen LogP contribution in [-0.4, -0.2) is 12.4 Å². The third-order valence-electron chi connectivity index (χ3n) is 16.4. The molecule has 0 N–H and O–H groups in total. The van der Waals surface area contributed by atoms with Crippen molar-refractivity contribution in [3.63, 3.8) is 0 Å². The zero-order valence-corrected chi connectivity index (χ0v) is 37.4. The molecular formula is C56H57BN2O. The van der Waals surface area contributed by atoms with Gasteiger partial charge in [0.25, 0.3) is 0 Å². The molecule has 2 atom stereocenters. The zero-order chi connectivity index (χ0) is 41.6. The molecule has 1 fully saturated rings. The van der Waals surface area contributed by atoms with Crippen LogP contribution in [0.1, 0.15) is 128 Å². The van der Waals surface area contributed by atoms with Crippen LogP contribution < -0.4 is 20.6 Å². The average Bonchev–Trinajstić information content (AvgIpc) is 3.76. The van der Waals surface area contributed by atoms with Gasteiger partial charge in [-0.15, -0.1) is 0 Å². The number of fused-ring (bicyclic) bond motifs is 14. The van der Waals surface area contributed by atoms with Crippen molar-refractivity contribution in [1.82, 2.24) is 0 Å². The highest BCUT2D eigenvalue weighted by Gasteiger charge is 2.63. The average molecular weight is 785 g/mol. The first-order valence-electron chi connectivity index (χ1n) is 22.6. The van der Waals surface area contributed by atoms with Crippen molar-refractivity contribution >= 4 is 62.5 Å². The lowest BCUT2D eigenvalue weighted by molar-refractivity contribution is 0.195. The van der Waals surface area contributed by atoms with Crippen molar-refractivity contribution < 1.29 is 4.42 Å². The Kier molecular flexibility index (Phi) is 6.94. The molecule has 3 nitrogen and oxygen atoms in total. The highest BCUT2D eigenvalue weighted by Crippen LogP contribution is 2.66. The largest absolute Gasteiger partial charge is 0.456 e. The van der Waals surface area contributed by atoms with E-state index >= 15 is 0 Å². The molecule has 1 saturated carbocycles. The summed E-state index contributed by atoms with van der Waals surface area (Å²) in [4.78, 5) is 5.71. The third-order valence-corrected chi connectivity index (χ3v) is 16.4. The summed E-state index contributed by atoms with van der Waals surface area (Å²) in [5.41, 5.74) is 24.0. The first-order chi connectivity index (χ1) is 28.4. The molecule has 4 heteroatoms. The Labute approximate surface area is 356 Å². The van der Waals surface area contributed by atoms with Gasteiger partial charge in [-0.05, 0) is 117 Å². The summed E-state index contributed by atoms with van der Waals surface area (Å²) in [7, 11) is 0. The van der Waals surface area contributed by atoms with E-state index in [1.54, 1.807) is 5.56 Å². The van der Waals surface area contributed by atoms with Crippen molar-refractivity contribution in [2.75, 3.05) is 9.71 Å². The van der Waals surface area contributed by atoms with Crippen LogP contribution in [0.3, 0.4) is 0 Å². The first kappa shape index (κ1) is 36.6. The molecule has 0 amide bonds. The van der Waals surface area contributed by atoms with Gasteiger partial charge in [0.2, 0.25) is 0 Å².